The molecule has 0 bridgehead atoms. The van der Waals surface area contributed by atoms with E-state index >= 15 is 0 Å². The fourth-order valence-electron chi connectivity index (χ4n) is 5.44. The molecule has 1 saturated carbocycles. The molecule has 1 amide bonds. The van der Waals surface area contributed by atoms with E-state index in [9.17, 15) is 4.79 Å². The standard InChI is InChI=1S/C32H34N2O2/c1-23(30-16-8-12-26-11-5-6-15-31(26)30)33-29-14-7-13-28(21-29)25-17-19-27(20-18-25)32(35)34-36-22-24-9-3-2-4-10-24/h2-6,8-12,15-20,23,28-29,33H,7,13-14,21-22H2,1H3,(H,34,35)/t23-,28?,29?/m1/s1. The Hall–Kier alpha value is -3.47. The zero-order valence-corrected chi connectivity index (χ0v) is 20.8. The molecular weight excluding hydrogens is 444 g/mol. The predicted molar refractivity (Wildman–Crippen MR) is 146 cm³/mol. The molecule has 1 aliphatic carbocycles. The highest BCUT2D eigenvalue weighted by molar-refractivity contribution is 5.93. The van der Waals surface area contributed by atoms with Crippen LogP contribution in [0.2, 0.25) is 0 Å². The molecule has 0 radical (unpaired) electrons. The van der Waals surface area contributed by atoms with E-state index in [4.69, 9.17) is 4.84 Å². The highest BCUT2D eigenvalue weighted by Crippen LogP contribution is 2.34. The van der Waals surface area contributed by atoms with E-state index in [-0.39, 0.29) is 5.91 Å². The lowest BCUT2D eigenvalue weighted by Gasteiger charge is -2.32. The number of fused-ring (bicyclic) bond motifs is 1. The van der Waals surface area contributed by atoms with Crippen molar-refractivity contribution in [2.24, 2.45) is 0 Å². The predicted octanol–water partition coefficient (Wildman–Crippen LogP) is 7.08. The van der Waals surface area contributed by atoms with Crippen molar-refractivity contribution in [2.75, 3.05) is 0 Å². The molecule has 0 saturated heterocycles. The molecule has 5 rings (SSSR count). The number of amides is 1. The first-order valence-electron chi connectivity index (χ1n) is 13.0. The quantitative estimate of drug-likeness (QED) is 0.266. The van der Waals surface area contributed by atoms with Gasteiger partial charge in [-0.1, -0.05) is 91.3 Å². The fraction of sp³-hybridized carbons (Fsp3) is 0.281. The van der Waals surface area contributed by atoms with Crippen LogP contribution >= 0.6 is 0 Å². The Morgan fingerprint density at radius 1 is 0.889 bits per heavy atom. The monoisotopic (exact) mass is 478 g/mol. The molecule has 2 N–H and O–H groups in total. The smallest absolute Gasteiger partial charge is 0.274 e. The molecule has 4 nitrogen and oxygen atoms in total. The van der Waals surface area contributed by atoms with Gasteiger partial charge in [-0.2, -0.15) is 0 Å². The molecule has 4 heteroatoms. The third-order valence-electron chi connectivity index (χ3n) is 7.34. The maximum Gasteiger partial charge on any atom is 0.274 e. The van der Waals surface area contributed by atoms with Gasteiger partial charge in [0.15, 0.2) is 0 Å². The van der Waals surface area contributed by atoms with Crippen molar-refractivity contribution in [1.29, 1.82) is 0 Å². The molecule has 4 aromatic carbocycles. The first-order valence-corrected chi connectivity index (χ1v) is 13.0. The van der Waals surface area contributed by atoms with E-state index < -0.39 is 0 Å². The summed E-state index contributed by atoms with van der Waals surface area (Å²) in [7, 11) is 0. The number of rotatable bonds is 8. The summed E-state index contributed by atoms with van der Waals surface area (Å²) in [5.74, 6) is 0.284. The molecular formula is C32H34N2O2. The maximum atomic E-state index is 12.5. The normalized spacial score (nSPS) is 18.6. The molecule has 184 valence electrons. The van der Waals surface area contributed by atoms with Gasteiger partial charge in [-0.3, -0.25) is 9.63 Å². The van der Waals surface area contributed by atoms with Crippen molar-refractivity contribution >= 4 is 16.7 Å². The molecule has 0 aromatic heterocycles. The van der Waals surface area contributed by atoms with E-state index in [1.807, 2.05) is 42.5 Å². The van der Waals surface area contributed by atoms with Gasteiger partial charge in [0.2, 0.25) is 0 Å². The summed E-state index contributed by atoms with van der Waals surface area (Å²) in [5, 5.41) is 6.53. The molecule has 3 atom stereocenters. The van der Waals surface area contributed by atoms with Crippen molar-refractivity contribution in [3.05, 3.63) is 119 Å². The van der Waals surface area contributed by atoms with Crippen molar-refractivity contribution < 1.29 is 9.63 Å². The first kappa shape index (κ1) is 24.2. The summed E-state index contributed by atoms with van der Waals surface area (Å²) >= 11 is 0. The number of hydroxylamine groups is 1. The van der Waals surface area contributed by atoms with Crippen LogP contribution in [0, 0.1) is 0 Å². The summed E-state index contributed by atoms with van der Waals surface area (Å²) < 4.78 is 0. The fourth-order valence-corrected chi connectivity index (χ4v) is 5.44. The molecule has 0 heterocycles. The Bertz CT molecular complexity index is 1280. The van der Waals surface area contributed by atoms with Gasteiger partial charge in [-0.25, -0.2) is 5.48 Å². The number of hydrogen-bond acceptors (Lipinski definition) is 3. The Labute approximate surface area is 213 Å². The van der Waals surface area contributed by atoms with Crippen LogP contribution in [0.4, 0.5) is 0 Å². The minimum absolute atomic E-state index is 0.218. The van der Waals surface area contributed by atoms with Gasteiger partial charge in [0.05, 0.1) is 6.61 Å². The van der Waals surface area contributed by atoms with Crippen LogP contribution in [0.5, 0.6) is 0 Å². The first-order chi connectivity index (χ1) is 17.7. The molecule has 0 spiro atoms. The minimum atomic E-state index is -0.218. The van der Waals surface area contributed by atoms with Crippen LogP contribution < -0.4 is 10.8 Å². The lowest BCUT2D eigenvalue weighted by atomic mass is 9.80. The Kier molecular flexibility index (Phi) is 7.75. The molecule has 1 aliphatic rings. The summed E-state index contributed by atoms with van der Waals surface area (Å²) in [5.41, 5.74) is 6.85. The third kappa shape index (κ3) is 5.84. The van der Waals surface area contributed by atoms with Crippen molar-refractivity contribution in [2.45, 2.75) is 57.2 Å². The van der Waals surface area contributed by atoms with Crippen LogP contribution in [-0.4, -0.2) is 11.9 Å². The van der Waals surface area contributed by atoms with E-state index in [0.717, 1.165) is 12.0 Å². The van der Waals surface area contributed by atoms with Crippen molar-refractivity contribution in [1.82, 2.24) is 10.8 Å². The van der Waals surface area contributed by atoms with Gasteiger partial charge in [-0.15, -0.1) is 0 Å². The Morgan fingerprint density at radius 3 is 2.47 bits per heavy atom. The van der Waals surface area contributed by atoms with Crippen molar-refractivity contribution in [3.63, 3.8) is 0 Å². The van der Waals surface area contributed by atoms with Crippen LogP contribution in [-0.2, 0) is 11.4 Å². The van der Waals surface area contributed by atoms with Crippen molar-refractivity contribution in [3.8, 4) is 0 Å². The summed E-state index contributed by atoms with van der Waals surface area (Å²) in [6, 6.07) is 33.8. The average molecular weight is 479 g/mol. The molecule has 4 aromatic rings. The highest BCUT2D eigenvalue weighted by atomic mass is 16.6. The third-order valence-corrected chi connectivity index (χ3v) is 7.34. The molecule has 36 heavy (non-hydrogen) atoms. The molecule has 0 aliphatic heterocycles. The average Bonchev–Trinajstić information content (AvgIpc) is 2.93. The van der Waals surface area contributed by atoms with Crippen LogP contribution in [0.25, 0.3) is 10.8 Å². The SMILES string of the molecule is C[C@@H](NC1CCCC(c2ccc(C(=O)NOCc3ccccc3)cc2)C1)c1cccc2ccccc12. The number of carbonyl (C=O) groups excluding carboxylic acids is 1. The van der Waals surface area contributed by atoms with Crippen LogP contribution in [0.3, 0.4) is 0 Å². The summed E-state index contributed by atoms with van der Waals surface area (Å²) in [4.78, 5) is 17.9. The molecule has 1 fully saturated rings. The van der Waals surface area contributed by atoms with E-state index in [1.54, 1.807) is 0 Å². The van der Waals surface area contributed by atoms with Crippen LogP contribution in [0.1, 0.15) is 71.6 Å². The summed E-state index contributed by atoms with van der Waals surface area (Å²) in [6.07, 6.45) is 4.71. The Balaban J connectivity index is 1.16. The highest BCUT2D eigenvalue weighted by Gasteiger charge is 2.25. The topological polar surface area (TPSA) is 50.4 Å². The molecule has 2 unspecified atom stereocenters. The van der Waals surface area contributed by atoms with E-state index in [2.05, 4.69) is 72.3 Å². The second kappa shape index (κ2) is 11.5. The largest absolute Gasteiger partial charge is 0.307 e. The zero-order chi connectivity index (χ0) is 24.7. The number of hydrogen-bond donors (Lipinski definition) is 2. The number of benzene rings is 4. The maximum absolute atomic E-state index is 12.5. The number of nitrogens with one attached hydrogen (secondary N) is 2. The second-order valence-corrected chi connectivity index (χ2v) is 9.84. The van der Waals surface area contributed by atoms with Gasteiger partial charge in [0.1, 0.15) is 0 Å². The second-order valence-electron chi connectivity index (χ2n) is 9.84. The van der Waals surface area contributed by atoms with E-state index in [0.29, 0.717) is 30.2 Å². The number of carbonyl (C=O) groups is 1. The lowest BCUT2D eigenvalue weighted by molar-refractivity contribution is 0.0233. The van der Waals surface area contributed by atoms with Crippen LogP contribution in [0.15, 0.2) is 97.1 Å². The van der Waals surface area contributed by atoms with Gasteiger partial charge in [0, 0.05) is 17.6 Å². The minimum Gasteiger partial charge on any atom is -0.307 e. The van der Waals surface area contributed by atoms with E-state index in [1.165, 1.54) is 41.2 Å². The lowest BCUT2D eigenvalue weighted by Crippen LogP contribution is -2.35. The van der Waals surface area contributed by atoms with Gasteiger partial charge in [-0.05, 0) is 71.7 Å². The Morgan fingerprint density at radius 2 is 1.64 bits per heavy atom. The zero-order valence-electron chi connectivity index (χ0n) is 20.8. The summed E-state index contributed by atoms with van der Waals surface area (Å²) in [6.45, 7) is 2.62. The van der Waals surface area contributed by atoms with Gasteiger partial charge < -0.3 is 5.32 Å². The van der Waals surface area contributed by atoms with Gasteiger partial charge >= 0.3 is 0 Å². The van der Waals surface area contributed by atoms with Gasteiger partial charge in [0.25, 0.3) is 5.91 Å².